The molecule has 72 valence electrons. The highest BCUT2D eigenvalue weighted by molar-refractivity contribution is 5.68. The van der Waals surface area contributed by atoms with Gasteiger partial charge in [-0.1, -0.05) is 6.92 Å². The molecule has 0 aliphatic heterocycles. The van der Waals surface area contributed by atoms with Crippen LogP contribution in [0, 0.1) is 0 Å². The second kappa shape index (κ2) is 5.09. The number of quaternary nitrogens is 1. The minimum Gasteiger partial charge on any atom is -0.460 e. The van der Waals surface area contributed by atoms with Crippen LogP contribution in [0.2, 0.25) is 0 Å². The Morgan fingerprint density at radius 1 is 1.50 bits per heavy atom. The van der Waals surface area contributed by atoms with Crippen molar-refractivity contribution in [2.45, 2.75) is 13.3 Å². The van der Waals surface area contributed by atoms with Gasteiger partial charge >= 0.3 is 5.97 Å². The number of hydrogen-bond donors (Lipinski definition) is 0. The molecule has 0 spiro atoms. The van der Waals surface area contributed by atoms with Crippen molar-refractivity contribution >= 4 is 5.97 Å². The molecule has 0 fully saturated rings. The molecular weight excluding hydrogens is 161 g/mol. The zero-order chi connectivity index (χ0) is 9.61. The minimum atomic E-state index is -0.441. The van der Waals surface area contributed by atoms with Crippen LogP contribution in [0.4, 0.5) is 4.39 Å². The molecule has 0 aliphatic rings. The van der Waals surface area contributed by atoms with Gasteiger partial charge in [0.2, 0.25) is 6.80 Å². The largest absolute Gasteiger partial charge is 0.460 e. The molecule has 0 atom stereocenters. The number of halogens is 1. The predicted octanol–water partition coefficient (Wildman–Crippen LogP) is 0.943. The zero-order valence-corrected chi connectivity index (χ0v) is 7.97. The molecule has 0 heterocycles. The highest BCUT2D eigenvalue weighted by Gasteiger charge is 2.14. The zero-order valence-electron chi connectivity index (χ0n) is 7.97. The fraction of sp³-hybridized carbons (Fsp3) is 0.875. The fourth-order valence-corrected chi connectivity index (χ4v) is 0.568. The maximum Gasteiger partial charge on any atom is 0.305 e. The Labute approximate surface area is 72.7 Å². The van der Waals surface area contributed by atoms with E-state index in [1.165, 1.54) is 0 Å². The van der Waals surface area contributed by atoms with E-state index in [0.29, 0.717) is 19.6 Å². The van der Waals surface area contributed by atoms with E-state index in [9.17, 15) is 9.18 Å². The number of likely N-dealkylation sites (N-methyl/N-ethyl adjacent to an activating group) is 1. The van der Waals surface area contributed by atoms with Crippen molar-refractivity contribution in [1.82, 2.24) is 0 Å². The number of carbonyl (C=O) groups excluding carboxylic acids is 1. The van der Waals surface area contributed by atoms with Crippen LogP contribution in [0.25, 0.3) is 0 Å². The van der Waals surface area contributed by atoms with Gasteiger partial charge in [0.15, 0.2) is 0 Å². The van der Waals surface area contributed by atoms with E-state index in [1.807, 2.05) is 0 Å². The Morgan fingerprint density at radius 2 is 2.08 bits per heavy atom. The number of ether oxygens (including phenoxy) is 1. The first-order valence-electron chi connectivity index (χ1n) is 4.05. The summed E-state index contributed by atoms with van der Waals surface area (Å²) >= 11 is 0. The van der Waals surface area contributed by atoms with Crippen LogP contribution in [-0.4, -0.2) is 44.5 Å². The van der Waals surface area contributed by atoms with E-state index in [0.717, 1.165) is 0 Å². The van der Waals surface area contributed by atoms with Crippen molar-refractivity contribution in [3.05, 3.63) is 0 Å². The molecular formula is C8H17FNO2+. The van der Waals surface area contributed by atoms with Crippen LogP contribution in [0.5, 0.6) is 0 Å². The number of alkyl halides is 1. The average Bonchev–Trinajstić information content (AvgIpc) is 2.04. The molecule has 0 radical (unpaired) electrons. The van der Waals surface area contributed by atoms with E-state index in [-0.39, 0.29) is 10.5 Å². The van der Waals surface area contributed by atoms with Crippen molar-refractivity contribution in [3.63, 3.8) is 0 Å². The van der Waals surface area contributed by atoms with Crippen molar-refractivity contribution in [2.24, 2.45) is 0 Å². The molecule has 0 N–H and O–H groups in total. The average molecular weight is 178 g/mol. The van der Waals surface area contributed by atoms with Gasteiger partial charge in [-0.25, -0.2) is 0 Å². The van der Waals surface area contributed by atoms with Crippen LogP contribution in [-0.2, 0) is 9.53 Å². The summed E-state index contributed by atoms with van der Waals surface area (Å²) in [5.41, 5.74) is 0. The monoisotopic (exact) mass is 178 g/mol. The molecule has 0 amide bonds. The highest BCUT2D eigenvalue weighted by Crippen LogP contribution is 1.96. The van der Waals surface area contributed by atoms with Gasteiger partial charge in [-0.05, 0) is 0 Å². The van der Waals surface area contributed by atoms with Crippen LogP contribution >= 0.6 is 0 Å². The first kappa shape index (κ1) is 11.4. The van der Waals surface area contributed by atoms with Crippen molar-refractivity contribution in [3.8, 4) is 0 Å². The van der Waals surface area contributed by atoms with Crippen LogP contribution < -0.4 is 0 Å². The summed E-state index contributed by atoms with van der Waals surface area (Å²) in [6.45, 7) is 2.10. The molecule has 0 rings (SSSR count). The van der Waals surface area contributed by atoms with E-state index >= 15 is 0 Å². The third-order valence-electron chi connectivity index (χ3n) is 1.57. The van der Waals surface area contributed by atoms with E-state index in [4.69, 9.17) is 4.74 Å². The Hall–Kier alpha value is -0.640. The normalized spacial score (nSPS) is 11.3. The topological polar surface area (TPSA) is 26.3 Å². The smallest absolute Gasteiger partial charge is 0.305 e. The van der Waals surface area contributed by atoms with Crippen LogP contribution in [0.15, 0.2) is 0 Å². The second-order valence-corrected chi connectivity index (χ2v) is 3.35. The number of rotatable bonds is 5. The molecule has 3 nitrogen and oxygen atoms in total. The Balaban J connectivity index is 3.49. The van der Waals surface area contributed by atoms with Crippen LogP contribution in [0.3, 0.4) is 0 Å². The first-order chi connectivity index (χ1) is 5.52. The van der Waals surface area contributed by atoms with Crippen molar-refractivity contribution in [1.29, 1.82) is 0 Å². The fourth-order valence-electron chi connectivity index (χ4n) is 0.568. The standard InChI is InChI=1S/C8H17FNO2/c1-4-8(11)12-6-5-10(2,3)7-9/h4-7H2,1-3H3/q+1. The minimum absolute atomic E-state index is 0.228. The summed E-state index contributed by atoms with van der Waals surface area (Å²) in [5.74, 6) is -0.228. The lowest BCUT2D eigenvalue weighted by atomic mass is 10.5. The van der Waals surface area contributed by atoms with Gasteiger partial charge < -0.3 is 4.74 Å². The SMILES string of the molecule is CCC(=O)OCC[N+](C)(C)CF. The molecule has 0 aromatic rings. The van der Waals surface area contributed by atoms with E-state index in [1.54, 1.807) is 21.0 Å². The lowest BCUT2D eigenvalue weighted by Crippen LogP contribution is -2.41. The number of carbonyl (C=O) groups is 1. The molecule has 4 heteroatoms. The molecule has 0 aromatic carbocycles. The summed E-state index contributed by atoms with van der Waals surface area (Å²) in [6, 6.07) is 0. The molecule has 0 unspecified atom stereocenters. The van der Waals surface area contributed by atoms with Gasteiger partial charge in [-0.15, -0.1) is 0 Å². The molecule has 0 aromatic heterocycles. The van der Waals surface area contributed by atoms with Gasteiger partial charge in [-0.3, -0.25) is 9.28 Å². The summed E-state index contributed by atoms with van der Waals surface area (Å²) in [7, 11) is 3.50. The predicted molar refractivity (Wildman–Crippen MR) is 44.2 cm³/mol. The molecule has 0 aliphatic carbocycles. The lowest BCUT2D eigenvalue weighted by molar-refractivity contribution is -0.902. The second-order valence-electron chi connectivity index (χ2n) is 3.35. The van der Waals surface area contributed by atoms with Crippen molar-refractivity contribution in [2.75, 3.05) is 34.0 Å². The quantitative estimate of drug-likeness (QED) is 0.356. The number of nitrogens with zero attached hydrogens (tertiary/aromatic N) is 1. The third-order valence-corrected chi connectivity index (χ3v) is 1.57. The maximum absolute atomic E-state index is 12.2. The third kappa shape index (κ3) is 5.07. The van der Waals surface area contributed by atoms with Crippen LogP contribution in [0.1, 0.15) is 13.3 Å². The van der Waals surface area contributed by atoms with Crippen molar-refractivity contribution < 1.29 is 18.4 Å². The number of esters is 1. The maximum atomic E-state index is 12.2. The summed E-state index contributed by atoms with van der Waals surface area (Å²) in [5, 5.41) is 0. The molecule has 0 saturated heterocycles. The summed E-state index contributed by atoms with van der Waals surface area (Å²) in [4.78, 5) is 10.7. The summed E-state index contributed by atoms with van der Waals surface area (Å²) < 4.78 is 17.2. The Morgan fingerprint density at radius 3 is 2.50 bits per heavy atom. The van der Waals surface area contributed by atoms with Gasteiger partial charge in [0.05, 0.1) is 14.1 Å². The Kier molecular flexibility index (Phi) is 4.81. The summed E-state index contributed by atoms with van der Waals surface area (Å²) in [6.07, 6.45) is 0.378. The molecule has 12 heavy (non-hydrogen) atoms. The van der Waals surface area contributed by atoms with Gasteiger partial charge in [0, 0.05) is 6.42 Å². The Bertz CT molecular complexity index is 148. The van der Waals surface area contributed by atoms with Gasteiger partial charge in [0.25, 0.3) is 0 Å². The first-order valence-corrected chi connectivity index (χ1v) is 4.05. The molecule has 0 saturated carbocycles. The lowest BCUT2D eigenvalue weighted by Gasteiger charge is -2.25. The van der Waals surface area contributed by atoms with E-state index < -0.39 is 6.80 Å². The van der Waals surface area contributed by atoms with Gasteiger partial charge in [-0.2, -0.15) is 4.39 Å². The highest BCUT2D eigenvalue weighted by atomic mass is 19.1. The van der Waals surface area contributed by atoms with E-state index in [2.05, 4.69) is 0 Å². The molecule has 0 bridgehead atoms. The van der Waals surface area contributed by atoms with Gasteiger partial charge in [0.1, 0.15) is 13.2 Å². The number of hydrogen-bond acceptors (Lipinski definition) is 2.